The molecule has 0 amide bonds. The zero-order valence-electron chi connectivity index (χ0n) is 11.1. The Morgan fingerprint density at radius 1 is 1.52 bits per heavy atom. The van der Waals surface area contributed by atoms with Crippen LogP contribution in [0.4, 0.5) is 0 Å². The second kappa shape index (κ2) is 5.08. The molecule has 1 aromatic carbocycles. The summed E-state index contributed by atoms with van der Waals surface area (Å²) in [5.41, 5.74) is 2.73. The molecule has 1 N–H and O–H groups in total. The first-order valence-corrected chi connectivity index (χ1v) is 6.70. The maximum atomic E-state index is 11.8. The quantitative estimate of drug-likeness (QED) is 0.735. The molecule has 5 nitrogen and oxygen atoms in total. The van der Waals surface area contributed by atoms with Gasteiger partial charge in [-0.3, -0.25) is 4.98 Å². The Bertz CT molecular complexity index is 909. The van der Waals surface area contributed by atoms with E-state index in [0.717, 1.165) is 10.9 Å². The molecule has 0 radical (unpaired) electrons. The van der Waals surface area contributed by atoms with E-state index in [1.807, 2.05) is 0 Å². The van der Waals surface area contributed by atoms with Crippen molar-refractivity contribution in [3.05, 3.63) is 40.5 Å². The number of rotatable bonds is 2. The molecule has 0 spiro atoms. The van der Waals surface area contributed by atoms with Crippen LogP contribution in [0.2, 0.25) is 5.02 Å². The molecule has 0 bridgehead atoms. The Balaban J connectivity index is 2.27. The van der Waals surface area contributed by atoms with Crippen molar-refractivity contribution in [1.82, 2.24) is 9.97 Å². The van der Waals surface area contributed by atoms with Crippen molar-refractivity contribution < 1.29 is 9.53 Å². The number of nitriles is 1. The molecule has 2 aromatic heterocycles. The lowest BCUT2D eigenvalue weighted by molar-refractivity contribution is 0.0526. The van der Waals surface area contributed by atoms with E-state index in [2.05, 4.69) is 16.0 Å². The van der Waals surface area contributed by atoms with E-state index in [4.69, 9.17) is 21.6 Å². The van der Waals surface area contributed by atoms with E-state index >= 15 is 0 Å². The minimum Gasteiger partial charge on any atom is -0.462 e. The monoisotopic (exact) mass is 299 g/mol. The van der Waals surface area contributed by atoms with Gasteiger partial charge in [0.1, 0.15) is 0 Å². The lowest BCUT2D eigenvalue weighted by Gasteiger charge is -2.04. The van der Waals surface area contributed by atoms with Crippen molar-refractivity contribution >= 4 is 39.5 Å². The summed E-state index contributed by atoms with van der Waals surface area (Å²) in [5.74, 6) is -0.506. The normalized spacial score (nSPS) is 10.7. The van der Waals surface area contributed by atoms with Gasteiger partial charge in [-0.1, -0.05) is 11.6 Å². The maximum absolute atomic E-state index is 11.8. The number of aromatic amines is 1. The Labute approximate surface area is 125 Å². The number of benzene rings is 1. The number of aromatic nitrogens is 2. The van der Waals surface area contributed by atoms with Crippen LogP contribution < -0.4 is 0 Å². The first-order chi connectivity index (χ1) is 10.2. The van der Waals surface area contributed by atoms with Gasteiger partial charge in [0.05, 0.1) is 39.9 Å². The van der Waals surface area contributed by atoms with Gasteiger partial charge in [0.15, 0.2) is 0 Å². The van der Waals surface area contributed by atoms with Gasteiger partial charge in [-0.2, -0.15) is 5.26 Å². The molecule has 21 heavy (non-hydrogen) atoms. The van der Waals surface area contributed by atoms with Crippen LogP contribution in [0.15, 0.2) is 24.4 Å². The summed E-state index contributed by atoms with van der Waals surface area (Å²) >= 11 is 6.28. The number of carbonyl (C=O) groups is 1. The number of nitrogens with one attached hydrogen (secondary N) is 1. The Hall–Kier alpha value is -2.58. The zero-order valence-corrected chi connectivity index (χ0v) is 11.9. The van der Waals surface area contributed by atoms with Crippen LogP contribution in [-0.4, -0.2) is 22.5 Å². The summed E-state index contributed by atoms with van der Waals surface area (Å²) < 4.78 is 4.95. The van der Waals surface area contributed by atoms with Gasteiger partial charge in [-0.05, 0) is 25.1 Å². The van der Waals surface area contributed by atoms with Gasteiger partial charge in [0.25, 0.3) is 0 Å². The molecule has 3 rings (SSSR count). The molecule has 0 saturated heterocycles. The van der Waals surface area contributed by atoms with Gasteiger partial charge in [-0.25, -0.2) is 4.79 Å². The van der Waals surface area contributed by atoms with Crippen LogP contribution in [0.5, 0.6) is 0 Å². The minimum atomic E-state index is -0.506. The van der Waals surface area contributed by atoms with Gasteiger partial charge in [0, 0.05) is 17.1 Å². The van der Waals surface area contributed by atoms with Crippen LogP contribution in [0, 0.1) is 11.3 Å². The van der Waals surface area contributed by atoms with Gasteiger partial charge >= 0.3 is 5.97 Å². The van der Waals surface area contributed by atoms with Crippen LogP contribution in [-0.2, 0) is 4.74 Å². The molecule has 0 aliphatic carbocycles. The number of fused-ring (bicyclic) bond motifs is 3. The summed E-state index contributed by atoms with van der Waals surface area (Å²) in [6.45, 7) is 2.00. The predicted molar refractivity (Wildman–Crippen MR) is 79.3 cm³/mol. The number of esters is 1. The third kappa shape index (κ3) is 2.10. The highest BCUT2D eigenvalue weighted by Crippen LogP contribution is 2.31. The largest absolute Gasteiger partial charge is 0.462 e. The molecule has 0 aliphatic heterocycles. The lowest BCUT2D eigenvalue weighted by atomic mass is 10.1. The number of carbonyl (C=O) groups excluding carboxylic acids is 1. The third-order valence-electron chi connectivity index (χ3n) is 3.17. The highest BCUT2D eigenvalue weighted by atomic mass is 35.5. The number of H-pyrrole nitrogens is 1. The molecule has 0 atom stereocenters. The molecular formula is C15H10ClN3O2. The molecule has 2 heterocycles. The number of ether oxygens (including phenoxy) is 1. The standard InChI is InChI=1S/C15H10ClN3O2/c1-2-21-15(20)10-7-18-13-9-4-3-8(6-17)5-11(9)19-14(13)12(10)16/h3-5,7,19H,2H2,1H3. The van der Waals surface area contributed by atoms with Crippen molar-refractivity contribution in [1.29, 1.82) is 5.26 Å². The molecule has 0 aliphatic rings. The average Bonchev–Trinajstić information content (AvgIpc) is 2.86. The van der Waals surface area contributed by atoms with E-state index in [0.29, 0.717) is 16.6 Å². The van der Waals surface area contributed by atoms with E-state index < -0.39 is 5.97 Å². The fourth-order valence-electron chi connectivity index (χ4n) is 2.22. The average molecular weight is 300 g/mol. The van der Waals surface area contributed by atoms with E-state index in [9.17, 15) is 4.79 Å². The van der Waals surface area contributed by atoms with Gasteiger partial charge in [-0.15, -0.1) is 0 Å². The van der Waals surface area contributed by atoms with Crippen LogP contribution in [0.1, 0.15) is 22.8 Å². The van der Waals surface area contributed by atoms with Gasteiger partial charge in [0.2, 0.25) is 0 Å². The highest BCUT2D eigenvalue weighted by molar-refractivity contribution is 6.38. The molecule has 3 aromatic rings. The van der Waals surface area contributed by atoms with Crippen LogP contribution in [0.3, 0.4) is 0 Å². The fourth-order valence-corrected chi connectivity index (χ4v) is 2.48. The Kier molecular flexibility index (Phi) is 3.24. The highest BCUT2D eigenvalue weighted by Gasteiger charge is 2.18. The fraction of sp³-hybridized carbons (Fsp3) is 0.133. The van der Waals surface area contributed by atoms with Crippen LogP contribution in [0.25, 0.3) is 21.9 Å². The summed E-state index contributed by atoms with van der Waals surface area (Å²) in [6.07, 6.45) is 1.41. The lowest BCUT2D eigenvalue weighted by Crippen LogP contribution is -2.06. The van der Waals surface area contributed by atoms with Crippen molar-refractivity contribution in [2.45, 2.75) is 6.92 Å². The molecule has 6 heteroatoms. The number of pyridine rings is 1. The van der Waals surface area contributed by atoms with E-state index in [-0.39, 0.29) is 17.2 Å². The topological polar surface area (TPSA) is 78.8 Å². The van der Waals surface area contributed by atoms with Crippen LogP contribution >= 0.6 is 11.6 Å². The van der Waals surface area contributed by atoms with Crippen molar-refractivity contribution in [2.24, 2.45) is 0 Å². The first kappa shape index (κ1) is 13.4. The van der Waals surface area contributed by atoms with Crippen molar-refractivity contribution in [2.75, 3.05) is 6.61 Å². The molecule has 0 fully saturated rings. The molecule has 0 saturated carbocycles. The first-order valence-electron chi connectivity index (χ1n) is 6.33. The van der Waals surface area contributed by atoms with E-state index in [1.54, 1.807) is 25.1 Å². The van der Waals surface area contributed by atoms with Crippen molar-refractivity contribution in [3.8, 4) is 6.07 Å². The van der Waals surface area contributed by atoms with Gasteiger partial charge < -0.3 is 9.72 Å². The second-order valence-corrected chi connectivity index (χ2v) is 4.81. The summed E-state index contributed by atoms with van der Waals surface area (Å²) in [6, 6.07) is 7.31. The Morgan fingerprint density at radius 2 is 2.33 bits per heavy atom. The predicted octanol–water partition coefficient (Wildman–Crippen LogP) is 3.42. The zero-order chi connectivity index (χ0) is 15.0. The molecule has 0 unspecified atom stereocenters. The minimum absolute atomic E-state index is 0.220. The summed E-state index contributed by atoms with van der Waals surface area (Å²) in [7, 11) is 0. The number of hydrogen-bond acceptors (Lipinski definition) is 4. The SMILES string of the molecule is CCOC(=O)c1cnc2c([nH]c3cc(C#N)ccc32)c1Cl. The number of nitrogens with zero attached hydrogens (tertiary/aromatic N) is 2. The second-order valence-electron chi connectivity index (χ2n) is 4.43. The number of halogens is 1. The maximum Gasteiger partial charge on any atom is 0.341 e. The third-order valence-corrected chi connectivity index (χ3v) is 3.57. The smallest absolute Gasteiger partial charge is 0.341 e. The number of hydrogen-bond donors (Lipinski definition) is 1. The summed E-state index contributed by atoms with van der Waals surface area (Å²) in [4.78, 5) is 19.2. The summed E-state index contributed by atoms with van der Waals surface area (Å²) in [5, 5.41) is 10.1. The molecule has 104 valence electrons. The van der Waals surface area contributed by atoms with Crippen molar-refractivity contribution in [3.63, 3.8) is 0 Å². The Morgan fingerprint density at radius 3 is 3.05 bits per heavy atom. The molecular weight excluding hydrogens is 290 g/mol. The van der Waals surface area contributed by atoms with E-state index in [1.165, 1.54) is 6.20 Å².